The monoisotopic (exact) mass is 469 g/mol. The topological polar surface area (TPSA) is 59.8 Å². The summed E-state index contributed by atoms with van der Waals surface area (Å²) in [7, 11) is 1.84. The molecule has 1 aromatic heterocycles. The lowest BCUT2D eigenvalue weighted by molar-refractivity contribution is 0.0143. The average molecular weight is 470 g/mol. The second-order valence-corrected chi connectivity index (χ2v) is 8.50. The number of aliphatic hydroxyl groups excluding tert-OH is 1. The van der Waals surface area contributed by atoms with Crippen molar-refractivity contribution in [3.05, 3.63) is 66.0 Å². The summed E-state index contributed by atoms with van der Waals surface area (Å²) < 4.78 is 26.9. The van der Waals surface area contributed by atoms with Crippen LogP contribution >= 0.6 is 0 Å². The van der Waals surface area contributed by atoms with Gasteiger partial charge in [-0.1, -0.05) is 50.6 Å². The van der Waals surface area contributed by atoms with Crippen molar-refractivity contribution in [1.29, 1.82) is 0 Å². The van der Waals surface area contributed by atoms with Gasteiger partial charge in [0, 0.05) is 32.3 Å². The molecule has 1 atom stereocenters. The smallest absolute Gasteiger partial charge is 0.222 e. The third-order valence-corrected chi connectivity index (χ3v) is 5.51. The summed E-state index contributed by atoms with van der Waals surface area (Å²) >= 11 is 0. The molecule has 7 heteroatoms. The Morgan fingerprint density at radius 2 is 1.79 bits per heavy atom. The van der Waals surface area contributed by atoms with E-state index >= 15 is 0 Å². The number of hydrogen-bond acceptors (Lipinski definition) is 5. The molecule has 0 unspecified atom stereocenters. The number of aromatic nitrogens is 2. The molecule has 0 saturated heterocycles. The van der Waals surface area contributed by atoms with Crippen molar-refractivity contribution in [2.75, 3.05) is 26.3 Å². The Bertz CT molecular complexity index is 992. The molecule has 1 heterocycles. The molecule has 34 heavy (non-hydrogen) atoms. The van der Waals surface area contributed by atoms with Crippen LogP contribution < -0.4 is 4.74 Å². The molecule has 0 amide bonds. The Morgan fingerprint density at radius 3 is 2.47 bits per heavy atom. The van der Waals surface area contributed by atoms with Gasteiger partial charge >= 0.3 is 0 Å². The first-order valence-corrected chi connectivity index (χ1v) is 12.0. The highest BCUT2D eigenvalue weighted by atomic mass is 19.1. The van der Waals surface area contributed by atoms with Crippen molar-refractivity contribution < 1.29 is 19.0 Å². The fourth-order valence-corrected chi connectivity index (χ4v) is 3.86. The van der Waals surface area contributed by atoms with Gasteiger partial charge in [-0.15, -0.1) is 0 Å². The van der Waals surface area contributed by atoms with E-state index in [4.69, 9.17) is 14.6 Å². The highest BCUT2D eigenvalue weighted by molar-refractivity contribution is 5.65. The van der Waals surface area contributed by atoms with E-state index in [0.717, 1.165) is 42.6 Å². The first-order valence-electron chi connectivity index (χ1n) is 12.0. The zero-order chi connectivity index (χ0) is 24.3. The maximum absolute atomic E-state index is 13.4. The van der Waals surface area contributed by atoms with Crippen LogP contribution in [0.15, 0.2) is 54.6 Å². The third-order valence-electron chi connectivity index (χ3n) is 5.51. The molecule has 0 bridgehead atoms. The Balaban J connectivity index is 1.87. The van der Waals surface area contributed by atoms with E-state index in [1.807, 2.05) is 37.4 Å². The fourth-order valence-electron chi connectivity index (χ4n) is 3.86. The minimum atomic E-state index is -0.582. The molecule has 0 aliphatic carbocycles. The molecule has 0 saturated carbocycles. The predicted molar refractivity (Wildman–Crippen MR) is 132 cm³/mol. The van der Waals surface area contributed by atoms with Gasteiger partial charge in [0.2, 0.25) is 5.88 Å². The van der Waals surface area contributed by atoms with Gasteiger partial charge in [-0.25, -0.2) is 9.07 Å². The van der Waals surface area contributed by atoms with E-state index < -0.39 is 6.10 Å². The van der Waals surface area contributed by atoms with Crippen molar-refractivity contribution in [3.63, 3.8) is 0 Å². The SMILES string of the molecule is CCCCOC[C@H](O)CN(CCC)Cc1c(-c2ccccc2)nn(C)c1Oc1ccc(F)cc1. The molecule has 2 aromatic carbocycles. The van der Waals surface area contributed by atoms with E-state index in [-0.39, 0.29) is 5.82 Å². The first kappa shape index (κ1) is 25.9. The van der Waals surface area contributed by atoms with Crippen LogP contribution in [0.1, 0.15) is 38.7 Å². The number of hydrogen-bond donors (Lipinski definition) is 1. The molecule has 3 rings (SSSR count). The Morgan fingerprint density at radius 1 is 1.06 bits per heavy atom. The number of nitrogens with zero attached hydrogens (tertiary/aromatic N) is 3. The molecule has 184 valence electrons. The van der Waals surface area contributed by atoms with Crippen LogP contribution in [0, 0.1) is 5.82 Å². The van der Waals surface area contributed by atoms with Crippen LogP contribution in [-0.4, -0.2) is 52.2 Å². The number of unbranched alkanes of at least 4 members (excludes halogenated alkanes) is 1. The van der Waals surface area contributed by atoms with E-state index in [1.54, 1.807) is 16.8 Å². The largest absolute Gasteiger partial charge is 0.439 e. The first-order chi connectivity index (χ1) is 16.5. The summed E-state index contributed by atoms with van der Waals surface area (Å²) in [4.78, 5) is 2.20. The summed E-state index contributed by atoms with van der Waals surface area (Å²) in [5.74, 6) is 0.823. The number of aryl methyl sites for hydroxylation is 1. The van der Waals surface area contributed by atoms with Gasteiger partial charge in [-0.2, -0.15) is 5.10 Å². The summed E-state index contributed by atoms with van der Waals surface area (Å²) in [6, 6.07) is 15.9. The second kappa shape index (κ2) is 13.2. The van der Waals surface area contributed by atoms with Crippen LogP contribution in [0.5, 0.6) is 11.6 Å². The molecular weight excluding hydrogens is 433 g/mol. The fraction of sp³-hybridized carbons (Fsp3) is 0.444. The van der Waals surface area contributed by atoms with Crippen LogP contribution in [0.2, 0.25) is 0 Å². The van der Waals surface area contributed by atoms with Gasteiger partial charge in [0.1, 0.15) is 17.3 Å². The molecule has 0 spiro atoms. The minimum Gasteiger partial charge on any atom is -0.439 e. The van der Waals surface area contributed by atoms with Crippen molar-refractivity contribution in [2.45, 2.75) is 45.8 Å². The number of ether oxygens (including phenoxy) is 2. The average Bonchev–Trinajstić information content (AvgIpc) is 3.14. The predicted octanol–water partition coefficient (Wildman–Crippen LogP) is 5.41. The molecule has 6 nitrogen and oxygen atoms in total. The van der Waals surface area contributed by atoms with Crippen LogP contribution in [0.3, 0.4) is 0 Å². The lowest BCUT2D eigenvalue weighted by atomic mass is 10.1. The van der Waals surface area contributed by atoms with Crippen molar-refractivity contribution in [3.8, 4) is 22.9 Å². The molecule has 1 N–H and O–H groups in total. The van der Waals surface area contributed by atoms with E-state index in [9.17, 15) is 9.50 Å². The normalized spacial score (nSPS) is 12.3. The van der Waals surface area contributed by atoms with Gasteiger partial charge in [-0.05, 0) is 43.7 Å². The quantitative estimate of drug-likeness (QED) is 0.320. The van der Waals surface area contributed by atoms with Crippen LogP contribution in [-0.2, 0) is 18.3 Å². The van der Waals surface area contributed by atoms with E-state index in [0.29, 0.717) is 37.9 Å². The number of aliphatic hydroxyl groups is 1. The van der Waals surface area contributed by atoms with Crippen LogP contribution in [0.25, 0.3) is 11.3 Å². The lowest BCUT2D eigenvalue weighted by Gasteiger charge is -2.25. The number of halogens is 1. The van der Waals surface area contributed by atoms with E-state index in [1.165, 1.54) is 12.1 Å². The molecule has 3 aromatic rings. The maximum atomic E-state index is 13.4. The molecule has 0 fully saturated rings. The molecule has 0 aliphatic heterocycles. The Hall–Kier alpha value is -2.74. The molecule has 0 aliphatic rings. The minimum absolute atomic E-state index is 0.313. The highest BCUT2D eigenvalue weighted by Crippen LogP contribution is 2.34. The van der Waals surface area contributed by atoms with Gasteiger partial charge < -0.3 is 14.6 Å². The van der Waals surface area contributed by atoms with Crippen molar-refractivity contribution >= 4 is 0 Å². The van der Waals surface area contributed by atoms with Gasteiger partial charge in [0.25, 0.3) is 0 Å². The molecular formula is C27H36FN3O3. The Kier molecular flexibility index (Phi) is 10.1. The summed E-state index contributed by atoms with van der Waals surface area (Å²) in [6.45, 7) is 7.06. The summed E-state index contributed by atoms with van der Waals surface area (Å²) in [5, 5.41) is 15.4. The lowest BCUT2D eigenvalue weighted by Crippen LogP contribution is -2.35. The van der Waals surface area contributed by atoms with E-state index in [2.05, 4.69) is 18.7 Å². The van der Waals surface area contributed by atoms with Gasteiger partial charge in [0.05, 0.1) is 18.3 Å². The Labute approximate surface area is 201 Å². The molecule has 0 radical (unpaired) electrons. The zero-order valence-corrected chi connectivity index (χ0v) is 20.4. The van der Waals surface area contributed by atoms with Crippen molar-refractivity contribution in [2.24, 2.45) is 7.05 Å². The maximum Gasteiger partial charge on any atom is 0.222 e. The summed E-state index contributed by atoms with van der Waals surface area (Å²) in [6.07, 6.45) is 2.42. The number of benzene rings is 2. The van der Waals surface area contributed by atoms with Gasteiger partial charge in [-0.3, -0.25) is 4.90 Å². The standard InChI is InChI=1S/C27H36FN3O3/c1-4-6-17-33-20-23(32)18-31(16-5-2)19-25-26(21-10-8-7-9-11-21)29-30(3)27(25)34-24-14-12-22(28)13-15-24/h7-15,23,32H,4-6,16-20H2,1-3H3/t23-/m1/s1. The summed E-state index contributed by atoms with van der Waals surface area (Å²) in [5.41, 5.74) is 2.74. The zero-order valence-electron chi connectivity index (χ0n) is 20.4. The number of rotatable bonds is 14. The second-order valence-electron chi connectivity index (χ2n) is 8.50. The third kappa shape index (κ3) is 7.38. The van der Waals surface area contributed by atoms with Crippen molar-refractivity contribution in [1.82, 2.24) is 14.7 Å². The van der Waals surface area contributed by atoms with Crippen LogP contribution in [0.4, 0.5) is 4.39 Å². The van der Waals surface area contributed by atoms with Gasteiger partial charge in [0.15, 0.2) is 0 Å². The highest BCUT2D eigenvalue weighted by Gasteiger charge is 2.23.